The van der Waals surface area contributed by atoms with Crippen molar-refractivity contribution in [2.24, 2.45) is 0 Å². The summed E-state index contributed by atoms with van der Waals surface area (Å²) in [6, 6.07) is 21.7. The molecule has 1 atom stereocenters. The molecule has 0 radical (unpaired) electrons. The van der Waals surface area contributed by atoms with Crippen LogP contribution in [0.25, 0.3) is 4.41 Å². The fourth-order valence-corrected chi connectivity index (χ4v) is 7.63. The molecule has 72 valence electrons. The number of benzene rings is 2. The van der Waals surface area contributed by atoms with Crippen molar-refractivity contribution in [3.63, 3.8) is 0 Å². The monoisotopic (exact) mass is 254 g/mol. The maximum absolute atomic E-state index is 2.51. The molecule has 1 heteroatoms. The van der Waals surface area contributed by atoms with E-state index in [0.717, 1.165) is 0 Å². The molecule has 0 saturated heterocycles. The molecule has 0 amide bonds. The van der Waals surface area contributed by atoms with Gasteiger partial charge in [-0.3, -0.25) is 0 Å². The van der Waals surface area contributed by atoms with Gasteiger partial charge in [0.25, 0.3) is 0 Å². The van der Waals surface area contributed by atoms with Crippen molar-refractivity contribution in [1.29, 1.82) is 0 Å². The van der Waals surface area contributed by atoms with E-state index in [1.54, 1.807) is 8.80 Å². The summed E-state index contributed by atoms with van der Waals surface area (Å²) >= 11 is -1.31. The van der Waals surface area contributed by atoms with Gasteiger partial charge in [-0.2, -0.15) is 0 Å². The third kappa shape index (κ3) is 1.77. The van der Waals surface area contributed by atoms with Crippen LogP contribution >= 0.6 is 0 Å². The molecule has 2 aromatic rings. The third-order valence-electron chi connectivity index (χ3n) is 2.84. The third-order valence-corrected chi connectivity index (χ3v) is 8.25. The Balaban J connectivity index is 1.83. The molecular weight excluding hydrogens is 241 g/mol. The Morgan fingerprint density at radius 3 is 1.93 bits per heavy atom. The summed E-state index contributed by atoms with van der Waals surface area (Å²) in [7, 11) is 0. The quantitative estimate of drug-likeness (QED) is 0.720. The molecule has 1 unspecified atom stereocenters. The van der Waals surface area contributed by atoms with Crippen LogP contribution in [0.5, 0.6) is 0 Å². The standard InChI is InChI=1S/C14H12Ge/c1-3-7-12(8-4-1)14-11-15(14)13-9-5-2-6-10-13/h1-11,15H. The van der Waals surface area contributed by atoms with Crippen LogP contribution in [0.15, 0.2) is 65.6 Å². The zero-order valence-electron chi connectivity index (χ0n) is 8.43. The summed E-state index contributed by atoms with van der Waals surface area (Å²) < 4.78 is 3.23. The summed E-state index contributed by atoms with van der Waals surface area (Å²) in [5, 5.41) is 0. The molecular formula is C14H12Ge. The maximum atomic E-state index is 2.51. The van der Waals surface area contributed by atoms with E-state index in [2.05, 4.69) is 65.6 Å². The van der Waals surface area contributed by atoms with E-state index in [0.29, 0.717) is 0 Å². The topological polar surface area (TPSA) is 0 Å². The zero-order valence-corrected chi connectivity index (χ0v) is 10.9. The molecule has 1 aliphatic rings. The van der Waals surface area contributed by atoms with Crippen LogP contribution in [0.1, 0.15) is 5.56 Å². The predicted octanol–water partition coefficient (Wildman–Crippen LogP) is 2.30. The van der Waals surface area contributed by atoms with E-state index >= 15 is 0 Å². The molecule has 0 aromatic heterocycles. The molecule has 0 spiro atoms. The second-order valence-corrected chi connectivity index (χ2v) is 9.28. The van der Waals surface area contributed by atoms with Crippen molar-refractivity contribution in [3.8, 4) is 0 Å². The minimum absolute atomic E-state index is 1.31. The van der Waals surface area contributed by atoms with E-state index in [1.807, 2.05) is 0 Å². The SMILES string of the molecule is [CH]1=[C](c2ccccc2)[GeH]1[c]1ccccc1. The van der Waals surface area contributed by atoms with Crippen LogP contribution in [0.2, 0.25) is 0 Å². The van der Waals surface area contributed by atoms with E-state index in [4.69, 9.17) is 0 Å². The van der Waals surface area contributed by atoms with Gasteiger partial charge in [-0.25, -0.2) is 0 Å². The first-order chi connectivity index (χ1) is 7.45. The van der Waals surface area contributed by atoms with Gasteiger partial charge in [0.1, 0.15) is 0 Å². The predicted molar refractivity (Wildman–Crippen MR) is 67.6 cm³/mol. The normalized spacial score (nSPS) is 18.4. The van der Waals surface area contributed by atoms with Crippen molar-refractivity contribution in [3.05, 3.63) is 71.1 Å². The van der Waals surface area contributed by atoms with Gasteiger partial charge >= 0.3 is 94.3 Å². The van der Waals surface area contributed by atoms with Crippen LogP contribution in [0, 0.1) is 0 Å². The van der Waals surface area contributed by atoms with Crippen LogP contribution in [0.3, 0.4) is 0 Å². The molecule has 1 aliphatic heterocycles. The van der Waals surface area contributed by atoms with Gasteiger partial charge < -0.3 is 0 Å². The average molecular weight is 253 g/mol. The second kappa shape index (κ2) is 3.71. The first-order valence-corrected chi connectivity index (χ1v) is 9.09. The average Bonchev–Trinajstić information content (AvgIpc) is 3.11. The number of rotatable bonds is 2. The zero-order chi connectivity index (χ0) is 10.1. The Labute approximate surface area is 94.4 Å². The summed E-state index contributed by atoms with van der Waals surface area (Å²) in [5.41, 5.74) is 1.44. The summed E-state index contributed by atoms with van der Waals surface area (Å²) in [5.74, 6) is 0. The van der Waals surface area contributed by atoms with Crippen LogP contribution in [-0.2, 0) is 0 Å². The van der Waals surface area contributed by atoms with Gasteiger partial charge in [0.15, 0.2) is 0 Å². The molecule has 2 aromatic carbocycles. The molecule has 15 heavy (non-hydrogen) atoms. The second-order valence-electron chi connectivity index (χ2n) is 3.88. The van der Waals surface area contributed by atoms with Crippen molar-refractivity contribution in [2.45, 2.75) is 0 Å². The van der Waals surface area contributed by atoms with Crippen LogP contribution in [-0.4, -0.2) is 14.3 Å². The van der Waals surface area contributed by atoms with E-state index < -0.39 is 14.3 Å². The molecule has 0 fully saturated rings. The Kier molecular flexibility index (Phi) is 2.22. The molecule has 0 bridgehead atoms. The summed E-state index contributed by atoms with van der Waals surface area (Å²) in [4.78, 5) is 2.51. The van der Waals surface area contributed by atoms with Gasteiger partial charge in [0.2, 0.25) is 0 Å². The van der Waals surface area contributed by atoms with Crippen LogP contribution in [0.4, 0.5) is 0 Å². The van der Waals surface area contributed by atoms with Crippen LogP contribution < -0.4 is 4.40 Å². The molecule has 1 heterocycles. The summed E-state index contributed by atoms with van der Waals surface area (Å²) in [6.07, 6.45) is 0. The molecule has 0 N–H and O–H groups in total. The van der Waals surface area contributed by atoms with Gasteiger partial charge in [-0.15, -0.1) is 0 Å². The fourth-order valence-electron chi connectivity index (χ4n) is 1.97. The van der Waals surface area contributed by atoms with E-state index in [9.17, 15) is 0 Å². The minimum atomic E-state index is -1.31. The molecule has 0 saturated carbocycles. The van der Waals surface area contributed by atoms with E-state index in [-0.39, 0.29) is 0 Å². The Hall–Kier alpha value is -1.28. The fraction of sp³-hybridized carbons (Fsp3) is 0. The molecule has 0 aliphatic carbocycles. The Morgan fingerprint density at radius 1 is 0.667 bits per heavy atom. The van der Waals surface area contributed by atoms with Crippen molar-refractivity contribution < 1.29 is 0 Å². The van der Waals surface area contributed by atoms with Crippen molar-refractivity contribution >= 4 is 23.2 Å². The Bertz CT molecular complexity index is 485. The van der Waals surface area contributed by atoms with Crippen molar-refractivity contribution in [2.75, 3.05) is 0 Å². The first kappa shape index (κ1) is 8.99. The van der Waals surface area contributed by atoms with E-state index in [1.165, 1.54) is 5.56 Å². The van der Waals surface area contributed by atoms with Gasteiger partial charge in [-0.1, -0.05) is 0 Å². The van der Waals surface area contributed by atoms with Gasteiger partial charge in [0.05, 0.1) is 0 Å². The van der Waals surface area contributed by atoms with Gasteiger partial charge in [0, 0.05) is 0 Å². The Morgan fingerprint density at radius 2 is 1.27 bits per heavy atom. The molecule has 3 rings (SSSR count). The van der Waals surface area contributed by atoms with Gasteiger partial charge in [-0.05, 0) is 0 Å². The molecule has 0 nitrogen and oxygen atoms in total. The first-order valence-electron chi connectivity index (χ1n) is 5.27. The number of hydrogen-bond donors (Lipinski definition) is 0. The summed E-state index contributed by atoms with van der Waals surface area (Å²) in [6.45, 7) is 0. The van der Waals surface area contributed by atoms with Crippen molar-refractivity contribution in [1.82, 2.24) is 0 Å². The number of hydrogen-bond acceptors (Lipinski definition) is 0.